The van der Waals surface area contributed by atoms with E-state index in [1.54, 1.807) is 7.11 Å². The van der Waals surface area contributed by atoms with Gasteiger partial charge in [-0.2, -0.15) is 0 Å². The average molecular weight is 317 g/mol. The van der Waals surface area contributed by atoms with E-state index in [4.69, 9.17) is 14.6 Å². The molecule has 0 aromatic heterocycles. The summed E-state index contributed by atoms with van der Waals surface area (Å²) < 4.78 is 10.3. The van der Waals surface area contributed by atoms with Crippen molar-refractivity contribution in [1.29, 1.82) is 0 Å². The van der Waals surface area contributed by atoms with Crippen molar-refractivity contribution in [2.45, 2.75) is 39.5 Å². The molecule has 0 radical (unpaired) electrons. The number of nitrogens with zero attached hydrogens (tertiary/aromatic N) is 1. The van der Waals surface area contributed by atoms with Crippen LogP contribution in [0.3, 0.4) is 0 Å². The van der Waals surface area contributed by atoms with Crippen LogP contribution >= 0.6 is 0 Å². The standard InChI is InChI=1S/C16H35N3O3/c1-4-7-15(8-10-20)14-19-16(17-5-2)18-9-6-11-22-13-12-21-3/h15,20H,4-14H2,1-3H3,(H2,17,18,19). The Labute approximate surface area is 135 Å². The zero-order chi connectivity index (χ0) is 16.5. The van der Waals surface area contributed by atoms with E-state index in [0.717, 1.165) is 57.9 Å². The number of aliphatic imine (C=N–C) groups is 1. The highest BCUT2D eigenvalue weighted by Crippen LogP contribution is 2.10. The lowest BCUT2D eigenvalue weighted by Gasteiger charge is -2.15. The second kappa shape index (κ2) is 16.5. The normalized spacial score (nSPS) is 13.2. The summed E-state index contributed by atoms with van der Waals surface area (Å²) in [4.78, 5) is 4.62. The summed E-state index contributed by atoms with van der Waals surface area (Å²) >= 11 is 0. The molecule has 0 fully saturated rings. The maximum Gasteiger partial charge on any atom is 0.191 e. The second-order valence-electron chi connectivity index (χ2n) is 5.27. The molecule has 0 saturated heterocycles. The maximum absolute atomic E-state index is 9.09. The molecule has 0 spiro atoms. The average Bonchev–Trinajstić information content (AvgIpc) is 2.51. The summed E-state index contributed by atoms with van der Waals surface area (Å²) in [5.41, 5.74) is 0. The Morgan fingerprint density at radius 2 is 1.95 bits per heavy atom. The molecule has 22 heavy (non-hydrogen) atoms. The van der Waals surface area contributed by atoms with E-state index in [9.17, 15) is 0 Å². The van der Waals surface area contributed by atoms with Gasteiger partial charge in [0.15, 0.2) is 5.96 Å². The first-order valence-electron chi connectivity index (χ1n) is 8.48. The fourth-order valence-electron chi connectivity index (χ4n) is 2.11. The molecule has 3 N–H and O–H groups in total. The number of aliphatic hydroxyl groups excluding tert-OH is 1. The van der Waals surface area contributed by atoms with Gasteiger partial charge in [0.05, 0.1) is 13.2 Å². The Hall–Kier alpha value is -0.850. The molecule has 0 rings (SSSR count). The SMILES string of the molecule is CCCC(CCO)CN=C(NCC)NCCCOCCOC. The molecular formula is C16H35N3O3. The number of rotatable bonds is 14. The van der Waals surface area contributed by atoms with E-state index >= 15 is 0 Å². The molecule has 0 aliphatic heterocycles. The lowest BCUT2D eigenvalue weighted by atomic mass is 10.0. The number of hydrogen-bond donors (Lipinski definition) is 3. The van der Waals surface area contributed by atoms with Crippen LogP contribution in [-0.4, -0.2) is 64.2 Å². The number of guanidine groups is 1. The summed E-state index contributed by atoms with van der Waals surface area (Å²) in [5, 5.41) is 15.7. The summed E-state index contributed by atoms with van der Waals surface area (Å²) in [7, 11) is 1.67. The largest absolute Gasteiger partial charge is 0.396 e. The highest BCUT2D eigenvalue weighted by atomic mass is 16.5. The molecular weight excluding hydrogens is 282 g/mol. The Balaban J connectivity index is 3.98. The van der Waals surface area contributed by atoms with Crippen LogP contribution in [0.15, 0.2) is 4.99 Å². The number of aliphatic hydroxyl groups is 1. The molecule has 0 aromatic rings. The number of methoxy groups -OCH3 is 1. The number of ether oxygens (including phenoxy) is 2. The highest BCUT2D eigenvalue weighted by Gasteiger charge is 2.07. The topological polar surface area (TPSA) is 75.1 Å². The first-order chi connectivity index (χ1) is 10.8. The third kappa shape index (κ3) is 12.9. The van der Waals surface area contributed by atoms with Gasteiger partial charge in [0.2, 0.25) is 0 Å². The Morgan fingerprint density at radius 1 is 1.14 bits per heavy atom. The van der Waals surface area contributed by atoms with Crippen molar-refractivity contribution < 1.29 is 14.6 Å². The van der Waals surface area contributed by atoms with Crippen molar-refractivity contribution in [3.8, 4) is 0 Å². The van der Waals surface area contributed by atoms with Crippen LogP contribution in [0.5, 0.6) is 0 Å². The predicted octanol–water partition coefficient (Wildman–Crippen LogP) is 1.39. The minimum atomic E-state index is 0.239. The van der Waals surface area contributed by atoms with Crippen LogP contribution < -0.4 is 10.6 Å². The fraction of sp³-hybridized carbons (Fsp3) is 0.938. The van der Waals surface area contributed by atoms with Crippen LogP contribution in [0.1, 0.15) is 39.5 Å². The van der Waals surface area contributed by atoms with Crippen LogP contribution in [0, 0.1) is 5.92 Å². The molecule has 6 heteroatoms. The zero-order valence-electron chi connectivity index (χ0n) is 14.6. The molecule has 132 valence electrons. The van der Waals surface area contributed by atoms with E-state index in [-0.39, 0.29) is 6.61 Å². The molecule has 0 heterocycles. The third-order valence-corrected chi connectivity index (χ3v) is 3.28. The van der Waals surface area contributed by atoms with E-state index in [1.165, 1.54) is 0 Å². The predicted molar refractivity (Wildman–Crippen MR) is 91.4 cm³/mol. The first kappa shape index (κ1) is 21.1. The number of hydrogen-bond acceptors (Lipinski definition) is 4. The van der Waals surface area contributed by atoms with Crippen LogP contribution in [-0.2, 0) is 9.47 Å². The maximum atomic E-state index is 9.09. The van der Waals surface area contributed by atoms with Gasteiger partial charge in [0.1, 0.15) is 0 Å². The summed E-state index contributed by atoms with van der Waals surface area (Å²) in [5.74, 6) is 1.31. The molecule has 0 aliphatic carbocycles. The van der Waals surface area contributed by atoms with Gasteiger partial charge in [-0.1, -0.05) is 13.3 Å². The molecule has 0 saturated carbocycles. The van der Waals surface area contributed by atoms with Gasteiger partial charge >= 0.3 is 0 Å². The quantitative estimate of drug-likeness (QED) is 0.256. The summed E-state index contributed by atoms with van der Waals surface area (Å²) in [6.45, 7) is 8.90. The van der Waals surface area contributed by atoms with Gasteiger partial charge < -0.3 is 25.2 Å². The Morgan fingerprint density at radius 3 is 2.59 bits per heavy atom. The van der Waals surface area contributed by atoms with Crippen molar-refractivity contribution >= 4 is 5.96 Å². The second-order valence-corrected chi connectivity index (χ2v) is 5.27. The van der Waals surface area contributed by atoms with Gasteiger partial charge in [0.25, 0.3) is 0 Å². The van der Waals surface area contributed by atoms with Crippen molar-refractivity contribution in [3.63, 3.8) is 0 Å². The molecule has 0 bridgehead atoms. The molecule has 6 nitrogen and oxygen atoms in total. The highest BCUT2D eigenvalue weighted by molar-refractivity contribution is 5.79. The molecule has 1 unspecified atom stereocenters. The Kier molecular flexibility index (Phi) is 15.9. The lowest BCUT2D eigenvalue weighted by Crippen LogP contribution is -2.38. The zero-order valence-corrected chi connectivity index (χ0v) is 14.6. The van der Waals surface area contributed by atoms with Gasteiger partial charge in [-0.05, 0) is 32.1 Å². The summed E-state index contributed by atoms with van der Waals surface area (Å²) in [6.07, 6.45) is 3.99. The van der Waals surface area contributed by atoms with E-state index in [1.807, 2.05) is 0 Å². The monoisotopic (exact) mass is 317 g/mol. The smallest absolute Gasteiger partial charge is 0.191 e. The van der Waals surface area contributed by atoms with Crippen molar-refractivity contribution in [2.24, 2.45) is 10.9 Å². The van der Waals surface area contributed by atoms with Gasteiger partial charge in [-0.15, -0.1) is 0 Å². The van der Waals surface area contributed by atoms with Gasteiger partial charge in [-0.3, -0.25) is 4.99 Å². The minimum absolute atomic E-state index is 0.239. The molecule has 0 aromatic carbocycles. The third-order valence-electron chi connectivity index (χ3n) is 3.28. The van der Waals surface area contributed by atoms with Gasteiger partial charge in [-0.25, -0.2) is 0 Å². The van der Waals surface area contributed by atoms with Crippen LogP contribution in [0.4, 0.5) is 0 Å². The van der Waals surface area contributed by atoms with E-state index in [0.29, 0.717) is 19.1 Å². The van der Waals surface area contributed by atoms with Crippen molar-refractivity contribution in [1.82, 2.24) is 10.6 Å². The van der Waals surface area contributed by atoms with Crippen molar-refractivity contribution in [3.05, 3.63) is 0 Å². The van der Waals surface area contributed by atoms with Crippen LogP contribution in [0.25, 0.3) is 0 Å². The molecule has 0 aliphatic rings. The minimum Gasteiger partial charge on any atom is -0.396 e. The summed E-state index contributed by atoms with van der Waals surface area (Å²) in [6, 6.07) is 0. The van der Waals surface area contributed by atoms with Crippen LogP contribution in [0.2, 0.25) is 0 Å². The molecule has 0 amide bonds. The van der Waals surface area contributed by atoms with E-state index in [2.05, 4.69) is 29.5 Å². The van der Waals surface area contributed by atoms with E-state index < -0.39 is 0 Å². The fourth-order valence-corrected chi connectivity index (χ4v) is 2.11. The molecule has 1 atom stereocenters. The van der Waals surface area contributed by atoms with Crippen molar-refractivity contribution in [2.75, 3.05) is 53.2 Å². The number of nitrogens with one attached hydrogen (secondary N) is 2. The van der Waals surface area contributed by atoms with Gasteiger partial charge in [0, 0.05) is 40.0 Å². The Bertz CT molecular complexity index is 257. The lowest BCUT2D eigenvalue weighted by molar-refractivity contribution is 0.0698. The first-order valence-corrected chi connectivity index (χ1v) is 8.48.